The third-order valence-corrected chi connectivity index (χ3v) is 3.88. The number of aromatic nitrogens is 1. The van der Waals surface area contributed by atoms with Crippen LogP contribution < -0.4 is 5.32 Å². The van der Waals surface area contributed by atoms with Crippen molar-refractivity contribution in [3.05, 3.63) is 24.0 Å². The summed E-state index contributed by atoms with van der Waals surface area (Å²) in [7, 11) is 0. The SMILES string of the molecule is Cc1cc(NCC2CCCC2CCl)ccn1. The van der Waals surface area contributed by atoms with E-state index in [9.17, 15) is 0 Å². The van der Waals surface area contributed by atoms with Crippen LogP contribution in [0.3, 0.4) is 0 Å². The van der Waals surface area contributed by atoms with Gasteiger partial charge in [-0.05, 0) is 43.7 Å². The topological polar surface area (TPSA) is 24.9 Å². The molecule has 0 saturated heterocycles. The van der Waals surface area contributed by atoms with E-state index in [1.165, 1.54) is 24.9 Å². The number of aryl methyl sites for hydroxylation is 1. The first kappa shape index (κ1) is 11.7. The highest BCUT2D eigenvalue weighted by atomic mass is 35.5. The zero-order valence-corrected chi connectivity index (χ0v) is 10.5. The zero-order chi connectivity index (χ0) is 11.4. The van der Waals surface area contributed by atoms with E-state index in [1.54, 1.807) is 0 Å². The van der Waals surface area contributed by atoms with Gasteiger partial charge in [-0.25, -0.2) is 0 Å². The molecule has 16 heavy (non-hydrogen) atoms. The Kier molecular flexibility index (Phi) is 4.05. The van der Waals surface area contributed by atoms with Gasteiger partial charge >= 0.3 is 0 Å². The summed E-state index contributed by atoms with van der Waals surface area (Å²) < 4.78 is 0. The molecule has 1 N–H and O–H groups in total. The van der Waals surface area contributed by atoms with E-state index in [2.05, 4.69) is 16.4 Å². The van der Waals surface area contributed by atoms with E-state index in [0.29, 0.717) is 5.92 Å². The van der Waals surface area contributed by atoms with Gasteiger partial charge in [0.1, 0.15) is 0 Å². The van der Waals surface area contributed by atoms with Gasteiger partial charge in [-0.15, -0.1) is 11.6 Å². The maximum Gasteiger partial charge on any atom is 0.0393 e. The van der Waals surface area contributed by atoms with E-state index in [-0.39, 0.29) is 0 Å². The lowest BCUT2D eigenvalue weighted by Gasteiger charge is -2.18. The van der Waals surface area contributed by atoms with Crippen LogP contribution in [-0.2, 0) is 0 Å². The second-order valence-corrected chi connectivity index (χ2v) is 4.98. The molecule has 1 aromatic rings. The first-order chi connectivity index (χ1) is 7.79. The molecule has 0 aliphatic heterocycles. The Hall–Kier alpha value is -0.760. The van der Waals surface area contributed by atoms with Crippen LogP contribution >= 0.6 is 11.6 Å². The predicted molar refractivity (Wildman–Crippen MR) is 69.0 cm³/mol. The molecule has 1 aliphatic carbocycles. The van der Waals surface area contributed by atoms with Crippen LogP contribution in [-0.4, -0.2) is 17.4 Å². The maximum absolute atomic E-state index is 5.97. The van der Waals surface area contributed by atoms with Crippen LogP contribution in [0.25, 0.3) is 0 Å². The van der Waals surface area contributed by atoms with Crippen molar-refractivity contribution in [1.82, 2.24) is 4.98 Å². The van der Waals surface area contributed by atoms with Crippen LogP contribution in [0.5, 0.6) is 0 Å². The largest absolute Gasteiger partial charge is 0.385 e. The number of halogens is 1. The van der Waals surface area contributed by atoms with Crippen molar-refractivity contribution in [3.63, 3.8) is 0 Å². The van der Waals surface area contributed by atoms with E-state index in [4.69, 9.17) is 11.6 Å². The maximum atomic E-state index is 5.97. The highest BCUT2D eigenvalue weighted by Gasteiger charge is 2.25. The van der Waals surface area contributed by atoms with Gasteiger partial charge in [0.05, 0.1) is 0 Å². The third-order valence-electron chi connectivity index (χ3n) is 3.48. The highest BCUT2D eigenvalue weighted by Crippen LogP contribution is 2.32. The molecule has 1 fully saturated rings. The molecule has 3 heteroatoms. The minimum atomic E-state index is 0.706. The van der Waals surface area contributed by atoms with Crippen LogP contribution in [0.15, 0.2) is 18.3 Å². The van der Waals surface area contributed by atoms with Gasteiger partial charge in [-0.3, -0.25) is 4.98 Å². The predicted octanol–water partition coefficient (Wildman–Crippen LogP) is 3.46. The molecule has 0 bridgehead atoms. The summed E-state index contributed by atoms with van der Waals surface area (Å²) in [4.78, 5) is 4.19. The van der Waals surface area contributed by atoms with Crippen LogP contribution in [0, 0.1) is 18.8 Å². The Morgan fingerprint density at radius 3 is 3.00 bits per heavy atom. The first-order valence-corrected chi connectivity index (χ1v) is 6.55. The van der Waals surface area contributed by atoms with Gasteiger partial charge in [-0.1, -0.05) is 6.42 Å². The first-order valence-electron chi connectivity index (χ1n) is 6.02. The van der Waals surface area contributed by atoms with Crippen molar-refractivity contribution in [3.8, 4) is 0 Å². The molecular weight excluding hydrogens is 220 g/mol. The lowest BCUT2D eigenvalue weighted by atomic mass is 9.98. The molecule has 1 aromatic heterocycles. The lowest BCUT2D eigenvalue weighted by Crippen LogP contribution is -2.19. The minimum Gasteiger partial charge on any atom is -0.385 e. The number of anilines is 1. The molecule has 88 valence electrons. The van der Waals surface area contributed by atoms with Gasteiger partial charge in [0.2, 0.25) is 0 Å². The summed E-state index contributed by atoms with van der Waals surface area (Å²) in [5.41, 5.74) is 2.23. The van der Waals surface area contributed by atoms with Crippen LogP contribution in [0.1, 0.15) is 25.0 Å². The average molecular weight is 239 g/mol. The molecule has 1 aliphatic rings. The van der Waals surface area contributed by atoms with E-state index in [1.807, 2.05) is 19.2 Å². The molecule has 2 atom stereocenters. The zero-order valence-electron chi connectivity index (χ0n) is 9.75. The summed E-state index contributed by atoms with van der Waals surface area (Å²) in [5, 5.41) is 3.49. The van der Waals surface area contributed by atoms with E-state index in [0.717, 1.165) is 24.0 Å². The molecule has 0 radical (unpaired) electrons. The summed E-state index contributed by atoms with van der Waals surface area (Å²) in [6, 6.07) is 4.11. The van der Waals surface area contributed by atoms with Gasteiger partial charge in [0.25, 0.3) is 0 Å². The molecule has 1 heterocycles. The number of nitrogens with one attached hydrogen (secondary N) is 1. The fraction of sp³-hybridized carbons (Fsp3) is 0.615. The Labute approximate surface area is 102 Å². The number of rotatable bonds is 4. The minimum absolute atomic E-state index is 0.706. The Balaban J connectivity index is 1.87. The highest BCUT2D eigenvalue weighted by molar-refractivity contribution is 6.18. The van der Waals surface area contributed by atoms with E-state index < -0.39 is 0 Å². The molecule has 0 aromatic carbocycles. The number of alkyl halides is 1. The second kappa shape index (κ2) is 5.53. The average Bonchev–Trinajstić information content (AvgIpc) is 2.74. The van der Waals surface area contributed by atoms with Crippen molar-refractivity contribution in [1.29, 1.82) is 0 Å². The lowest BCUT2D eigenvalue weighted by molar-refractivity contribution is 0.444. The molecule has 2 nitrogen and oxygen atoms in total. The summed E-state index contributed by atoms with van der Waals surface area (Å²) >= 11 is 5.97. The smallest absolute Gasteiger partial charge is 0.0393 e. The molecular formula is C13H19ClN2. The Morgan fingerprint density at radius 2 is 2.25 bits per heavy atom. The molecule has 2 unspecified atom stereocenters. The van der Waals surface area contributed by atoms with Gasteiger partial charge < -0.3 is 5.32 Å². The summed E-state index contributed by atoms with van der Waals surface area (Å²) in [6.07, 6.45) is 5.80. The van der Waals surface area contributed by atoms with Crippen molar-refractivity contribution in [2.24, 2.45) is 11.8 Å². The van der Waals surface area contributed by atoms with E-state index >= 15 is 0 Å². The normalized spacial score (nSPS) is 24.6. The molecule has 0 spiro atoms. The monoisotopic (exact) mass is 238 g/mol. The van der Waals surface area contributed by atoms with Crippen LogP contribution in [0.4, 0.5) is 5.69 Å². The molecule has 1 saturated carbocycles. The number of nitrogens with zero attached hydrogens (tertiary/aromatic N) is 1. The van der Waals surface area contributed by atoms with Crippen molar-refractivity contribution >= 4 is 17.3 Å². The Morgan fingerprint density at radius 1 is 1.44 bits per heavy atom. The Bertz CT molecular complexity index is 340. The van der Waals surface area contributed by atoms with Gasteiger partial charge in [0.15, 0.2) is 0 Å². The van der Waals surface area contributed by atoms with Crippen molar-refractivity contribution < 1.29 is 0 Å². The summed E-state index contributed by atoms with van der Waals surface area (Å²) in [6.45, 7) is 3.06. The van der Waals surface area contributed by atoms with Gasteiger partial charge in [-0.2, -0.15) is 0 Å². The molecule has 2 rings (SSSR count). The fourth-order valence-corrected chi connectivity index (χ4v) is 2.90. The van der Waals surface area contributed by atoms with Crippen molar-refractivity contribution in [2.45, 2.75) is 26.2 Å². The van der Waals surface area contributed by atoms with Crippen molar-refractivity contribution in [2.75, 3.05) is 17.7 Å². The second-order valence-electron chi connectivity index (χ2n) is 4.67. The van der Waals surface area contributed by atoms with Crippen LogP contribution in [0.2, 0.25) is 0 Å². The van der Waals surface area contributed by atoms with Gasteiger partial charge in [0, 0.05) is 30.0 Å². The number of pyridine rings is 1. The molecule has 0 amide bonds. The third kappa shape index (κ3) is 2.88. The quantitative estimate of drug-likeness (QED) is 0.813. The fourth-order valence-electron chi connectivity index (χ4n) is 2.49. The number of hydrogen-bond acceptors (Lipinski definition) is 2. The standard InChI is InChI=1S/C13H19ClN2/c1-10-7-13(5-6-15-10)16-9-12-4-2-3-11(12)8-14/h5-7,11-12H,2-4,8-9H2,1H3,(H,15,16). The number of hydrogen-bond donors (Lipinski definition) is 1. The summed E-state index contributed by atoms with van der Waals surface area (Å²) in [5.74, 6) is 2.25.